The van der Waals surface area contributed by atoms with Crippen molar-refractivity contribution < 1.29 is 18.0 Å². The van der Waals surface area contributed by atoms with Gasteiger partial charge in [0.05, 0.1) is 5.56 Å². The van der Waals surface area contributed by atoms with E-state index in [-0.39, 0.29) is 11.6 Å². The Morgan fingerprint density at radius 2 is 1.89 bits per heavy atom. The fourth-order valence-corrected chi connectivity index (χ4v) is 2.03. The van der Waals surface area contributed by atoms with Gasteiger partial charge in [0.25, 0.3) is 0 Å². The van der Waals surface area contributed by atoms with Crippen LogP contribution in [-0.4, -0.2) is 30.9 Å². The average Bonchev–Trinajstić information content (AvgIpc) is 2.25. The number of hydrogen-bond acceptors (Lipinski definition) is 2. The van der Waals surface area contributed by atoms with Crippen LogP contribution in [0.15, 0.2) is 22.7 Å². The van der Waals surface area contributed by atoms with Crippen LogP contribution in [-0.2, 0) is 11.0 Å². The van der Waals surface area contributed by atoms with E-state index in [4.69, 9.17) is 0 Å². The highest BCUT2D eigenvalue weighted by Crippen LogP contribution is 2.33. The molecule has 0 aliphatic heterocycles. The summed E-state index contributed by atoms with van der Waals surface area (Å²) in [6.07, 6.45) is -4.42. The number of hydrogen-bond donors (Lipinski definition) is 1. The predicted molar refractivity (Wildman–Crippen MR) is 70.9 cm³/mol. The molecule has 0 aliphatic rings. The van der Waals surface area contributed by atoms with Crippen LogP contribution >= 0.6 is 15.9 Å². The van der Waals surface area contributed by atoms with Crippen LogP contribution in [0, 0.1) is 0 Å². The van der Waals surface area contributed by atoms with Gasteiger partial charge in [-0.05, 0) is 25.1 Å². The van der Waals surface area contributed by atoms with Crippen LogP contribution in [0.25, 0.3) is 0 Å². The number of alkyl halides is 3. The third-order valence-electron chi connectivity index (χ3n) is 2.42. The summed E-state index contributed by atoms with van der Waals surface area (Å²) in [6, 6.07) is 2.85. The molecule has 1 amide bonds. The van der Waals surface area contributed by atoms with Crippen LogP contribution in [0.2, 0.25) is 0 Å². The van der Waals surface area contributed by atoms with E-state index < -0.39 is 17.8 Å². The molecule has 0 saturated heterocycles. The van der Waals surface area contributed by atoms with Crippen LogP contribution in [0.5, 0.6) is 0 Å². The number of anilines is 1. The number of rotatable bonds is 3. The van der Waals surface area contributed by atoms with E-state index in [0.717, 1.165) is 12.1 Å². The number of carbonyl (C=O) groups is 1. The Bertz CT molecular complexity index is 475. The van der Waals surface area contributed by atoms with Crippen molar-refractivity contribution >= 4 is 27.5 Å². The molecular formula is C12H14BrF3N2O. The zero-order valence-corrected chi connectivity index (χ0v) is 12.3. The van der Waals surface area contributed by atoms with Gasteiger partial charge < -0.3 is 10.2 Å². The molecule has 0 aliphatic carbocycles. The normalized spacial score (nSPS) is 13.0. The Hall–Kier alpha value is -1.24. The van der Waals surface area contributed by atoms with Crippen LogP contribution in [0.1, 0.15) is 12.5 Å². The Morgan fingerprint density at radius 3 is 2.37 bits per heavy atom. The second-order valence-corrected chi connectivity index (χ2v) is 5.24. The van der Waals surface area contributed by atoms with E-state index in [2.05, 4.69) is 21.2 Å². The lowest BCUT2D eigenvalue weighted by atomic mass is 10.1. The Morgan fingerprint density at radius 1 is 1.32 bits per heavy atom. The zero-order valence-electron chi connectivity index (χ0n) is 10.7. The van der Waals surface area contributed by atoms with Crippen LogP contribution in [0.4, 0.5) is 18.9 Å². The zero-order chi connectivity index (χ0) is 14.8. The molecule has 0 fully saturated rings. The summed E-state index contributed by atoms with van der Waals surface area (Å²) in [6.45, 7) is 1.59. The first-order valence-corrected chi connectivity index (χ1v) is 6.26. The minimum absolute atomic E-state index is 0.214. The van der Waals surface area contributed by atoms with Gasteiger partial charge in [0.15, 0.2) is 0 Å². The molecule has 0 saturated carbocycles. The molecule has 1 aromatic carbocycles. The summed E-state index contributed by atoms with van der Waals surface area (Å²) in [5, 5.41) is 2.76. The Labute approximate surface area is 117 Å². The SMILES string of the molecule is CC(Nc1cc(Br)cc(C(F)(F)F)c1)C(=O)N(C)C. The summed E-state index contributed by atoms with van der Waals surface area (Å²) in [5.41, 5.74) is -0.529. The first kappa shape index (κ1) is 15.8. The number of halogens is 4. The molecule has 106 valence electrons. The average molecular weight is 339 g/mol. The van der Waals surface area contributed by atoms with Crippen molar-refractivity contribution in [1.82, 2.24) is 4.90 Å². The van der Waals surface area contributed by atoms with Gasteiger partial charge in [0.2, 0.25) is 5.91 Å². The molecule has 3 nitrogen and oxygen atoms in total. The summed E-state index contributed by atoms with van der Waals surface area (Å²) in [5.74, 6) is -0.214. The molecule has 7 heteroatoms. The molecule has 19 heavy (non-hydrogen) atoms. The van der Waals surface area contributed by atoms with Crippen LogP contribution < -0.4 is 5.32 Å². The van der Waals surface area contributed by atoms with E-state index in [1.807, 2.05) is 0 Å². The van der Waals surface area contributed by atoms with Crippen molar-refractivity contribution in [2.45, 2.75) is 19.1 Å². The first-order valence-electron chi connectivity index (χ1n) is 5.46. The summed E-state index contributed by atoms with van der Waals surface area (Å²) < 4.78 is 38.2. The molecule has 0 aromatic heterocycles. The lowest BCUT2D eigenvalue weighted by Crippen LogP contribution is -2.36. The van der Waals surface area contributed by atoms with Crippen LogP contribution in [0.3, 0.4) is 0 Å². The van der Waals surface area contributed by atoms with E-state index >= 15 is 0 Å². The summed E-state index contributed by atoms with van der Waals surface area (Å²) in [7, 11) is 3.17. The monoisotopic (exact) mass is 338 g/mol. The van der Waals surface area contributed by atoms with E-state index in [9.17, 15) is 18.0 Å². The molecular weight excluding hydrogens is 325 g/mol. The lowest BCUT2D eigenvalue weighted by Gasteiger charge is -2.20. The van der Waals surface area contributed by atoms with Gasteiger partial charge in [0.1, 0.15) is 6.04 Å². The van der Waals surface area contributed by atoms with Crippen molar-refractivity contribution in [2.24, 2.45) is 0 Å². The van der Waals surface area contributed by atoms with Gasteiger partial charge in [-0.1, -0.05) is 15.9 Å². The summed E-state index contributed by atoms with van der Waals surface area (Å²) >= 11 is 3.03. The Balaban J connectivity index is 2.96. The van der Waals surface area contributed by atoms with Gasteiger partial charge in [0, 0.05) is 24.3 Å². The first-order chi connectivity index (χ1) is 8.61. The van der Waals surface area contributed by atoms with Crippen molar-refractivity contribution in [3.63, 3.8) is 0 Å². The molecule has 1 unspecified atom stereocenters. The number of nitrogens with one attached hydrogen (secondary N) is 1. The topological polar surface area (TPSA) is 32.3 Å². The highest BCUT2D eigenvalue weighted by atomic mass is 79.9. The molecule has 1 N–H and O–H groups in total. The van der Waals surface area contributed by atoms with E-state index in [1.54, 1.807) is 21.0 Å². The fraction of sp³-hybridized carbons (Fsp3) is 0.417. The number of benzene rings is 1. The molecule has 1 atom stereocenters. The molecule has 1 aromatic rings. The van der Waals surface area contributed by atoms with Crippen molar-refractivity contribution in [3.8, 4) is 0 Å². The maximum atomic E-state index is 12.6. The fourth-order valence-electron chi connectivity index (χ4n) is 1.54. The number of likely N-dealkylation sites (N-methyl/N-ethyl adjacent to an activating group) is 1. The van der Waals surface area contributed by atoms with Gasteiger partial charge in [-0.2, -0.15) is 13.2 Å². The minimum atomic E-state index is -4.42. The maximum absolute atomic E-state index is 12.6. The third kappa shape index (κ3) is 4.41. The second-order valence-electron chi connectivity index (χ2n) is 4.33. The second kappa shape index (κ2) is 5.81. The van der Waals surface area contributed by atoms with Crippen molar-refractivity contribution in [2.75, 3.05) is 19.4 Å². The number of carbonyl (C=O) groups excluding carboxylic acids is 1. The smallest absolute Gasteiger partial charge is 0.374 e. The van der Waals surface area contributed by atoms with Gasteiger partial charge in [-0.15, -0.1) is 0 Å². The predicted octanol–water partition coefficient (Wildman–Crippen LogP) is 3.36. The van der Waals surface area contributed by atoms with Gasteiger partial charge >= 0.3 is 6.18 Å². The van der Waals surface area contributed by atoms with Crippen molar-refractivity contribution in [1.29, 1.82) is 0 Å². The molecule has 0 heterocycles. The molecule has 0 radical (unpaired) electrons. The third-order valence-corrected chi connectivity index (χ3v) is 2.88. The largest absolute Gasteiger partial charge is 0.416 e. The quantitative estimate of drug-likeness (QED) is 0.916. The molecule has 0 spiro atoms. The van der Waals surface area contributed by atoms with E-state index in [1.165, 1.54) is 11.0 Å². The van der Waals surface area contributed by atoms with Gasteiger partial charge in [-0.3, -0.25) is 4.79 Å². The van der Waals surface area contributed by atoms with E-state index in [0.29, 0.717) is 4.47 Å². The lowest BCUT2D eigenvalue weighted by molar-refractivity contribution is -0.137. The van der Waals surface area contributed by atoms with Crippen molar-refractivity contribution in [3.05, 3.63) is 28.2 Å². The molecule has 1 rings (SSSR count). The Kier molecular flexibility index (Phi) is 4.84. The summed E-state index contributed by atoms with van der Waals surface area (Å²) in [4.78, 5) is 13.0. The highest BCUT2D eigenvalue weighted by molar-refractivity contribution is 9.10. The highest BCUT2D eigenvalue weighted by Gasteiger charge is 2.31. The molecule has 0 bridgehead atoms. The maximum Gasteiger partial charge on any atom is 0.416 e. The van der Waals surface area contributed by atoms with Gasteiger partial charge in [-0.25, -0.2) is 0 Å². The number of nitrogens with zero attached hydrogens (tertiary/aromatic N) is 1. The standard InChI is InChI=1S/C12H14BrF3N2O/c1-7(11(19)18(2)3)17-10-5-8(12(14,15)16)4-9(13)6-10/h4-7,17H,1-3H3. The number of amides is 1. The minimum Gasteiger partial charge on any atom is -0.374 e.